The zero-order valence-corrected chi connectivity index (χ0v) is 10.0. The van der Waals surface area contributed by atoms with Gasteiger partial charge in [-0.15, -0.1) is 0 Å². The van der Waals surface area contributed by atoms with Crippen molar-refractivity contribution in [3.8, 4) is 0 Å². The number of nitrogens with zero attached hydrogens (tertiary/aromatic N) is 1. The molecule has 0 amide bonds. The maximum absolute atomic E-state index is 10.5. The minimum absolute atomic E-state index is 0.238. The Morgan fingerprint density at radius 1 is 1.29 bits per heavy atom. The molecule has 0 fully saturated rings. The van der Waals surface area contributed by atoms with Gasteiger partial charge in [0.15, 0.2) is 18.9 Å². The first-order valence-corrected chi connectivity index (χ1v) is 6.73. The molecule has 3 N–H and O–H groups in total. The molecule has 6 nitrogen and oxygen atoms in total. The van der Waals surface area contributed by atoms with Crippen molar-refractivity contribution in [3.05, 3.63) is 30.1 Å². The predicted molar refractivity (Wildman–Crippen MR) is 59.8 cm³/mol. The van der Waals surface area contributed by atoms with Crippen molar-refractivity contribution >= 4 is 10.1 Å². The van der Waals surface area contributed by atoms with Gasteiger partial charge in [-0.3, -0.25) is 4.55 Å². The number of rotatable bonds is 6. The molecule has 7 heteroatoms. The summed E-state index contributed by atoms with van der Waals surface area (Å²) in [7, 11) is -3.94. The molecule has 0 aliphatic carbocycles. The van der Waals surface area contributed by atoms with Crippen molar-refractivity contribution in [3.63, 3.8) is 0 Å². The first kappa shape index (κ1) is 14.0. The van der Waals surface area contributed by atoms with E-state index in [2.05, 4.69) is 0 Å². The Morgan fingerprint density at radius 3 is 2.35 bits per heavy atom. The standard InChI is InChI=1S/C10H15NO5S/c12-8-10(13)7-11-4-1-9(2-5-11)3-6-17(14,15)16/h1-2,4-5,10,12-13H,3,6-8H2/p+1. The lowest BCUT2D eigenvalue weighted by atomic mass is 10.2. The van der Waals surface area contributed by atoms with Crippen molar-refractivity contribution in [1.82, 2.24) is 0 Å². The summed E-state index contributed by atoms with van der Waals surface area (Å²) in [6.45, 7) is -0.0351. The molecule has 1 heterocycles. The van der Waals surface area contributed by atoms with Gasteiger partial charge in [-0.05, 0) is 12.0 Å². The number of aromatic nitrogens is 1. The van der Waals surface area contributed by atoms with E-state index in [1.54, 1.807) is 29.1 Å². The van der Waals surface area contributed by atoms with E-state index in [1.807, 2.05) is 0 Å². The molecule has 1 aromatic rings. The Labute approximate surface area is 99.9 Å². The summed E-state index contributed by atoms with van der Waals surface area (Å²) < 4.78 is 31.4. The molecule has 0 aliphatic rings. The highest BCUT2D eigenvalue weighted by Crippen LogP contribution is 1.99. The Balaban J connectivity index is 2.56. The summed E-state index contributed by atoms with van der Waals surface area (Å²) in [5.41, 5.74) is 0.775. The summed E-state index contributed by atoms with van der Waals surface area (Å²) in [4.78, 5) is 0. The molecule has 0 radical (unpaired) electrons. The fourth-order valence-corrected chi connectivity index (χ4v) is 1.82. The van der Waals surface area contributed by atoms with Crippen LogP contribution in [0.5, 0.6) is 0 Å². The fourth-order valence-electron chi connectivity index (χ4n) is 1.32. The number of hydrogen-bond donors (Lipinski definition) is 3. The Morgan fingerprint density at radius 2 is 1.88 bits per heavy atom. The molecule has 96 valence electrons. The van der Waals surface area contributed by atoms with Crippen LogP contribution in [0.4, 0.5) is 0 Å². The highest BCUT2D eigenvalue weighted by molar-refractivity contribution is 7.85. The van der Waals surface area contributed by atoms with Crippen LogP contribution < -0.4 is 4.57 Å². The lowest BCUT2D eigenvalue weighted by Gasteiger charge is -2.03. The van der Waals surface area contributed by atoms with Gasteiger partial charge in [0.1, 0.15) is 6.10 Å². The van der Waals surface area contributed by atoms with Crippen LogP contribution >= 0.6 is 0 Å². The second-order valence-corrected chi connectivity index (χ2v) is 5.35. The van der Waals surface area contributed by atoms with Crippen LogP contribution in [0.3, 0.4) is 0 Å². The third-order valence-electron chi connectivity index (χ3n) is 2.24. The van der Waals surface area contributed by atoms with Crippen molar-refractivity contribution < 1.29 is 27.8 Å². The number of aliphatic hydroxyl groups is 2. The lowest BCUT2D eigenvalue weighted by molar-refractivity contribution is -0.703. The SMILES string of the molecule is O=S(=O)(O)CCc1cc[n+](CC(O)CO)cc1. The van der Waals surface area contributed by atoms with E-state index in [0.717, 1.165) is 5.56 Å². The minimum atomic E-state index is -3.94. The van der Waals surface area contributed by atoms with Crippen LogP contribution in [0.25, 0.3) is 0 Å². The highest BCUT2D eigenvalue weighted by atomic mass is 32.2. The summed E-state index contributed by atoms with van der Waals surface area (Å²) in [5, 5.41) is 17.9. The Kier molecular flexibility index (Phi) is 5.01. The molecule has 0 saturated heterocycles. The summed E-state index contributed by atoms with van der Waals surface area (Å²) in [6, 6.07) is 3.41. The minimum Gasteiger partial charge on any atom is -0.393 e. The van der Waals surface area contributed by atoms with Gasteiger partial charge >= 0.3 is 0 Å². The molecule has 1 atom stereocenters. The van der Waals surface area contributed by atoms with Gasteiger partial charge in [-0.2, -0.15) is 8.42 Å². The van der Waals surface area contributed by atoms with Crippen LogP contribution in [0, 0.1) is 0 Å². The van der Waals surface area contributed by atoms with E-state index in [9.17, 15) is 13.5 Å². The van der Waals surface area contributed by atoms with Gasteiger partial charge in [0, 0.05) is 12.1 Å². The monoisotopic (exact) mass is 262 g/mol. The summed E-state index contributed by atoms with van der Waals surface area (Å²) in [5.74, 6) is -0.309. The van der Waals surface area contributed by atoms with Crippen LogP contribution in [-0.2, 0) is 23.1 Å². The molecule has 17 heavy (non-hydrogen) atoms. The van der Waals surface area contributed by atoms with Crippen molar-refractivity contribution in [1.29, 1.82) is 0 Å². The third-order valence-corrected chi connectivity index (χ3v) is 2.96. The van der Waals surface area contributed by atoms with Crippen molar-refractivity contribution in [2.45, 2.75) is 19.1 Å². The van der Waals surface area contributed by atoms with Crippen LogP contribution in [0.1, 0.15) is 5.56 Å². The van der Waals surface area contributed by atoms with Crippen molar-refractivity contribution in [2.75, 3.05) is 12.4 Å². The van der Waals surface area contributed by atoms with E-state index in [1.165, 1.54) is 0 Å². The molecule has 0 aromatic carbocycles. The molecule has 0 saturated carbocycles. The van der Waals surface area contributed by atoms with Gasteiger partial charge in [0.05, 0.1) is 12.4 Å². The largest absolute Gasteiger partial charge is 0.393 e. The van der Waals surface area contributed by atoms with E-state index in [0.29, 0.717) is 0 Å². The summed E-state index contributed by atoms with van der Waals surface area (Å²) >= 11 is 0. The average Bonchev–Trinajstić information content (AvgIpc) is 2.27. The Bertz CT molecular complexity index is 442. The molecule has 1 aromatic heterocycles. The number of aliphatic hydroxyl groups excluding tert-OH is 2. The van der Waals surface area contributed by atoms with Gasteiger partial charge < -0.3 is 10.2 Å². The highest BCUT2D eigenvalue weighted by Gasteiger charge is 2.10. The smallest absolute Gasteiger partial charge is 0.265 e. The Hall–Kier alpha value is -1.02. The fraction of sp³-hybridized carbons (Fsp3) is 0.500. The molecule has 0 aliphatic heterocycles. The van der Waals surface area contributed by atoms with E-state index < -0.39 is 16.2 Å². The molecule has 1 unspecified atom stereocenters. The van der Waals surface area contributed by atoms with Crippen molar-refractivity contribution in [2.24, 2.45) is 0 Å². The topological polar surface area (TPSA) is 98.7 Å². The second-order valence-electron chi connectivity index (χ2n) is 3.78. The van der Waals surface area contributed by atoms with Crippen LogP contribution in [0.2, 0.25) is 0 Å². The molecular formula is C10H16NO5S+. The lowest BCUT2D eigenvalue weighted by Crippen LogP contribution is -2.40. The number of pyridine rings is 1. The quantitative estimate of drug-likeness (QED) is 0.440. The van der Waals surface area contributed by atoms with E-state index >= 15 is 0 Å². The zero-order valence-electron chi connectivity index (χ0n) is 9.23. The van der Waals surface area contributed by atoms with Gasteiger partial charge in [-0.1, -0.05) is 0 Å². The first-order chi connectivity index (χ1) is 7.90. The van der Waals surface area contributed by atoms with E-state index in [4.69, 9.17) is 9.66 Å². The van der Waals surface area contributed by atoms with Crippen LogP contribution in [-0.4, -0.2) is 41.6 Å². The maximum atomic E-state index is 10.5. The van der Waals surface area contributed by atoms with E-state index in [-0.39, 0.29) is 25.3 Å². The summed E-state index contributed by atoms with van der Waals surface area (Å²) in [6.07, 6.45) is 2.78. The average molecular weight is 262 g/mol. The first-order valence-electron chi connectivity index (χ1n) is 5.13. The normalized spacial score (nSPS) is 13.6. The third kappa shape index (κ3) is 5.73. The second kappa shape index (κ2) is 6.06. The molecule has 0 bridgehead atoms. The zero-order chi connectivity index (χ0) is 12.9. The van der Waals surface area contributed by atoms with Gasteiger partial charge in [0.25, 0.3) is 10.1 Å². The molecule has 1 rings (SSSR count). The number of hydrogen-bond acceptors (Lipinski definition) is 4. The molecular weight excluding hydrogens is 246 g/mol. The predicted octanol–water partition coefficient (Wildman–Crippen LogP) is -1.24. The van der Waals surface area contributed by atoms with Gasteiger partial charge in [-0.25, -0.2) is 4.57 Å². The maximum Gasteiger partial charge on any atom is 0.265 e. The van der Waals surface area contributed by atoms with Gasteiger partial charge in [0.2, 0.25) is 0 Å². The number of aryl methyl sites for hydroxylation is 1. The molecule has 0 spiro atoms. The van der Waals surface area contributed by atoms with Crippen LogP contribution in [0.15, 0.2) is 24.5 Å².